The molecular formula is C17H25NO9. The Labute approximate surface area is 156 Å². The molecule has 0 aliphatic heterocycles. The topological polar surface area (TPSA) is 134 Å². The molecule has 1 rings (SSSR count). The van der Waals surface area contributed by atoms with Crippen LogP contribution in [0.5, 0.6) is 0 Å². The van der Waals surface area contributed by atoms with Crippen LogP contribution in [0.2, 0.25) is 0 Å². The van der Waals surface area contributed by atoms with E-state index in [9.17, 15) is 24.0 Å². The summed E-state index contributed by atoms with van der Waals surface area (Å²) < 4.78 is 20.9. The highest BCUT2D eigenvalue weighted by Crippen LogP contribution is 2.36. The zero-order chi connectivity index (χ0) is 20.7. The molecule has 1 aliphatic rings. The van der Waals surface area contributed by atoms with Crippen LogP contribution >= 0.6 is 0 Å². The SMILES string of the molecule is CC(=O)N[C@H]1[C@H](OC(C)=O)[C@@H](CCOC(C)=O)[C@@H](OC(C)=O)[C@@H]1OC(C)=O. The van der Waals surface area contributed by atoms with Crippen molar-refractivity contribution < 1.29 is 42.9 Å². The molecule has 1 fully saturated rings. The van der Waals surface area contributed by atoms with Gasteiger partial charge in [0.1, 0.15) is 18.2 Å². The predicted molar refractivity (Wildman–Crippen MR) is 89.0 cm³/mol. The van der Waals surface area contributed by atoms with Crippen LogP contribution in [-0.2, 0) is 42.9 Å². The highest BCUT2D eigenvalue weighted by Gasteiger charge is 2.56. The normalized spacial score (nSPS) is 26.6. The number of rotatable bonds is 7. The van der Waals surface area contributed by atoms with Gasteiger partial charge in [-0.1, -0.05) is 0 Å². The molecule has 0 unspecified atom stereocenters. The molecule has 1 N–H and O–H groups in total. The van der Waals surface area contributed by atoms with Crippen molar-refractivity contribution in [2.24, 2.45) is 5.92 Å². The van der Waals surface area contributed by atoms with Crippen molar-refractivity contribution in [2.45, 2.75) is 65.4 Å². The van der Waals surface area contributed by atoms with Gasteiger partial charge in [0.05, 0.1) is 6.61 Å². The number of ether oxygens (including phenoxy) is 4. The summed E-state index contributed by atoms with van der Waals surface area (Å²) in [6, 6.07) is -0.929. The van der Waals surface area contributed by atoms with Crippen molar-refractivity contribution in [3.63, 3.8) is 0 Å². The molecule has 0 aromatic rings. The van der Waals surface area contributed by atoms with Crippen molar-refractivity contribution in [1.29, 1.82) is 0 Å². The third-order valence-corrected chi connectivity index (χ3v) is 3.91. The van der Waals surface area contributed by atoms with Gasteiger partial charge in [0.15, 0.2) is 6.10 Å². The van der Waals surface area contributed by atoms with Gasteiger partial charge in [-0.15, -0.1) is 0 Å². The fourth-order valence-corrected chi connectivity index (χ4v) is 3.18. The molecule has 1 amide bonds. The Morgan fingerprint density at radius 1 is 0.704 bits per heavy atom. The first kappa shape index (κ1) is 22.4. The van der Waals surface area contributed by atoms with Gasteiger partial charge in [-0.2, -0.15) is 0 Å². The molecule has 0 spiro atoms. The number of carbonyl (C=O) groups is 5. The van der Waals surface area contributed by atoms with E-state index in [0.29, 0.717) is 0 Å². The van der Waals surface area contributed by atoms with Gasteiger partial charge in [0, 0.05) is 40.5 Å². The lowest BCUT2D eigenvalue weighted by Crippen LogP contribution is -2.50. The second kappa shape index (κ2) is 9.89. The van der Waals surface area contributed by atoms with Crippen molar-refractivity contribution in [1.82, 2.24) is 5.32 Å². The van der Waals surface area contributed by atoms with Crippen LogP contribution in [0, 0.1) is 5.92 Å². The molecule has 0 aromatic heterocycles. The monoisotopic (exact) mass is 387 g/mol. The summed E-state index contributed by atoms with van der Waals surface area (Å²) in [6.45, 7) is 6.00. The molecular weight excluding hydrogens is 362 g/mol. The Morgan fingerprint density at radius 3 is 1.63 bits per heavy atom. The van der Waals surface area contributed by atoms with Gasteiger partial charge in [0.25, 0.3) is 0 Å². The molecule has 0 heterocycles. The fraction of sp³-hybridized carbons (Fsp3) is 0.706. The Kier molecular flexibility index (Phi) is 8.20. The number of hydrogen-bond acceptors (Lipinski definition) is 9. The molecule has 27 heavy (non-hydrogen) atoms. The molecule has 152 valence electrons. The van der Waals surface area contributed by atoms with Crippen molar-refractivity contribution >= 4 is 29.8 Å². The van der Waals surface area contributed by atoms with E-state index in [1.807, 2.05) is 0 Å². The van der Waals surface area contributed by atoms with Crippen molar-refractivity contribution in [2.75, 3.05) is 6.61 Å². The van der Waals surface area contributed by atoms with Crippen molar-refractivity contribution in [3.05, 3.63) is 0 Å². The minimum Gasteiger partial charge on any atom is -0.466 e. The van der Waals surface area contributed by atoms with Gasteiger partial charge >= 0.3 is 23.9 Å². The van der Waals surface area contributed by atoms with Gasteiger partial charge < -0.3 is 24.3 Å². The molecule has 1 aliphatic carbocycles. The van der Waals surface area contributed by atoms with Crippen molar-refractivity contribution in [3.8, 4) is 0 Å². The lowest BCUT2D eigenvalue weighted by Gasteiger charge is -2.25. The first-order chi connectivity index (χ1) is 12.5. The van der Waals surface area contributed by atoms with E-state index < -0.39 is 60.1 Å². The van der Waals surface area contributed by atoms with Crippen LogP contribution in [0.3, 0.4) is 0 Å². The molecule has 0 aromatic carbocycles. The highest BCUT2D eigenvalue weighted by atomic mass is 16.6. The third-order valence-electron chi connectivity index (χ3n) is 3.91. The first-order valence-corrected chi connectivity index (χ1v) is 8.45. The second-order valence-corrected chi connectivity index (χ2v) is 6.24. The Morgan fingerprint density at radius 2 is 1.19 bits per heavy atom. The quantitative estimate of drug-likeness (QED) is 0.468. The van der Waals surface area contributed by atoms with E-state index in [0.717, 1.165) is 0 Å². The zero-order valence-corrected chi connectivity index (χ0v) is 16.0. The maximum Gasteiger partial charge on any atom is 0.303 e. The molecule has 0 saturated heterocycles. The summed E-state index contributed by atoms with van der Waals surface area (Å²) >= 11 is 0. The van der Waals surface area contributed by atoms with Crippen LogP contribution < -0.4 is 5.32 Å². The Balaban J connectivity index is 3.26. The molecule has 10 nitrogen and oxygen atoms in total. The number of esters is 4. The third kappa shape index (κ3) is 6.87. The predicted octanol–water partition coefficient (Wildman–Crippen LogP) is -0.131. The maximum atomic E-state index is 11.6. The molecule has 5 atom stereocenters. The van der Waals surface area contributed by atoms with Gasteiger partial charge in [-0.3, -0.25) is 24.0 Å². The van der Waals surface area contributed by atoms with Gasteiger partial charge in [0.2, 0.25) is 5.91 Å². The zero-order valence-electron chi connectivity index (χ0n) is 16.0. The number of amides is 1. The van der Waals surface area contributed by atoms with Gasteiger partial charge in [-0.25, -0.2) is 0 Å². The number of hydrogen-bond donors (Lipinski definition) is 1. The molecule has 10 heteroatoms. The largest absolute Gasteiger partial charge is 0.466 e. The van der Waals surface area contributed by atoms with Crippen LogP contribution in [0.4, 0.5) is 0 Å². The average molecular weight is 387 g/mol. The summed E-state index contributed by atoms with van der Waals surface area (Å²) in [6.07, 6.45) is -2.86. The average Bonchev–Trinajstić information content (AvgIpc) is 2.71. The van der Waals surface area contributed by atoms with E-state index in [1.54, 1.807) is 0 Å². The summed E-state index contributed by atoms with van der Waals surface area (Å²) in [4.78, 5) is 57.4. The first-order valence-electron chi connectivity index (χ1n) is 8.45. The summed E-state index contributed by atoms with van der Waals surface area (Å²) in [7, 11) is 0. The van der Waals surface area contributed by atoms with Crippen LogP contribution in [-0.4, -0.2) is 60.7 Å². The van der Waals surface area contributed by atoms with E-state index >= 15 is 0 Å². The van der Waals surface area contributed by atoms with Crippen LogP contribution in [0.15, 0.2) is 0 Å². The minimum atomic E-state index is -1.07. The molecule has 0 bridgehead atoms. The van der Waals surface area contributed by atoms with E-state index in [1.165, 1.54) is 34.6 Å². The van der Waals surface area contributed by atoms with E-state index in [4.69, 9.17) is 18.9 Å². The van der Waals surface area contributed by atoms with E-state index in [2.05, 4.69) is 5.32 Å². The standard InChI is InChI=1S/C17H25NO9/c1-8(19)18-14-15(25-10(3)21)13(6-7-24-9(2)20)16(26-11(4)22)17(14)27-12(5)23/h13-17H,6-7H2,1-5H3,(H,18,19)/t13-,14+,15-,16-,17-/m1/s1. The van der Waals surface area contributed by atoms with E-state index in [-0.39, 0.29) is 13.0 Å². The smallest absolute Gasteiger partial charge is 0.303 e. The van der Waals surface area contributed by atoms with Crippen LogP contribution in [0.1, 0.15) is 41.0 Å². The summed E-state index contributed by atoms with van der Waals surface area (Å²) in [5.41, 5.74) is 0. The summed E-state index contributed by atoms with van der Waals surface area (Å²) in [5.74, 6) is -3.54. The lowest BCUT2D eigenvalue weighted by molar-refractivity contribution is -0.167. The highest BCUT2D eigenvalue weighted by molar-refractivity contribution is 5.74. The number of carbonyl (C=O) groups excluding carboxylic acids is 5. The maximum absolute atomic E-state index is 11.6. The lowest BCUT2D eigenvalue weighted by atomic mass is 9.99. The Hall–Kier alpha value is -2.65. The number of nitrogens with one attached hydrogen (secondary N) is 1. The Bertz CT molecular complexity index is 561. The molecule has 1 saturated carbocycles. The molecule has 0 radical (unpaired) electrons. The second-order valence-electron chi connectivity index (χ2n) is 6.24. The minimum absolute atomic E-state index is 0.0326. The van der Waals surface area contributed by atoms with Gasteiger partial charge in [-0.05, 0) is 6.42 Å². The summed E-state index contributed by atoms with van der Waals surface area (Å²) in [5, 5.41) is 2.59. The van der Waals surface area contributed by atoms with Crippen LogP contribution in [0.25, 0.3) is 0 Å². The fourth-order valence-electron chi connectivity index (χ4n) is 3.18.